The van der Waals surface area contributed by atoms with Crippen molar-refractivity contribution < 1.29 is 4.39 Å². The van der Waals surface area contributed by atoms with Gasteiger partial charge in [0.1, 0.15) is 11.5 Å². The summed E-state index contributed by atoms with van der Waals surface area (Å²) < 4.78 is 15.3. The summed E-state index contributed by atoms with van der Waals surface area (Å²) in [4.78, 5) is 18.4. The topological polar surface area (TPSA) is 37.6 Å². The zero-order valence-corrected chi connectivity index (χ0v) is 14.4. The van der Waals surface area contributed by atoms with Gasteiger partial charge in [-0.3, -0.25) is 14.1 Å². The molecule has 2 heterocycles. The van der Waals surface area contributed by atoms with E-state index in [1.54, 1.807) is 24.3 Å². The lowest BCUT2D eigenvalue weighted by Gasteiger charge is -2.17. The van der Waals surface area contributed by atoms with Gasteiger partial charge in [0.25, 0.3) is 5.56 Å². The molecule has 124 valence electrons. The number of fused-ring (bicyclic) bond motifs is 1. The van der Waals surface area contributed by atoms with Crippen LogP contribution in [0.15, 0.2) is 47.4 Å². The lowest BCUT2D eigenvalue weighted by atomic mass is 10.2. The molecule has 0 aliphatic heterocycles. The first-order valence-corrected chi connectivity index (χ1v) is 7.99. The van der Waals surface area contributed by atoms with Crippen LogP contribution < -0.4 is 5.56 Å². The quantitative estimate of drug-likeness (QED) is 0.706. The van der Waals surface area contributed by atoms with E-state index in [2.05, 4.69) is 4.98 Å². The average Bonchev–Trinajstić information content (AvgIpc) is 2.52. The fraction of sp³-hybridized carbons (Fsp3) is 0.176. The Hall–Kier alpha value is -1.95. The molecular formula is C17H14Cl2FN3O. The van der Waals surface area contributed by atoms with E-state index < -0.39 is 0 Å². The minimum atomic E-state index is -0.351. The summed E-state index contributed by atoms with van der Waals surface area (Å²) in [6, 6.07) is 9.40. The van der Waals surface area contributed by atoms with Crippen molar-refractivity contribution in [2.75, 3.05) is 7.05 Å². The fourth-order valence-corrected chi connectivity index (χ4v) is 2.88. The third-order valence-electron chi connectivity index (χ3n) is 3.60. The van der Waals surface area contributed by atoms with Gasteiger partial charge >= 0.3 is 0 Å². The van der Waals surface area contributed by atoms with Crippen LogP contribution >= 0.6 is 23.2 Å². The number of hydrogen-bond acceptors (Lipinski definition) is 3. The van der Waals surface area contributed by atoms with Crippen molar-refractivity contribution in [1.29, 1.82) is 0 Å². The molecule has 2 aromatic heterocycles. The molecule has 1 aromatic carbocycles. The lowest BCUT2D eigenvalue weighted by molar-refractivity contribution is 0.310. The predicted molar refractivity (Wildman–Crippen MR) is 93.1 cm³/mol. The normalized spacial score (nSPS) is 11.4. The zero-order chi connectivity index (χ0) is 17.3. The van der Waals surface area contributed by atoms with E-state index in [0.717, 1.165) is 0 Å². The Morgan fingerprint density at radius 2 is 2.00 bits per heavy atom. The van der Waals surface area contributed by atoms with Crippen LogP contribution in [0.25, 0.3) is 5.65 Å². The summed E-state index contributed by atoms with van der Waals surface area (Å²) >= 11 is 11.9. The smallest absolute Gasteiger partial charge is 0.258 e. The SMILES string of the molecule is CN(Cc1cc(=O)n2cc(Cl)ccc2n1)Cc1c(F)cccc1Cl. The van der Waals surface area contributed by atoms with Crippen LogP contribution in [0.1, 0.15) is 11.3 Å². The number of nitrogens with zero attached hydrogens (tertiary/aromatic N) is 3. The summed E-state index contributed by atoms with van der Waals surface area (Å²) in [5.74, 6) is -0.351. The number of aromatic nitrogens is 2. The van der Waals surface area contributed by atoms with Gasteiger partial charge in [-0.05, 0) is 31.3 Å². The number of halogens is 3. The molecule has 0 atom stereocenters. The first-order valence-electron chi connectivity index (χ1n) is 7.23. The van der Waals surface area contributed by atoms with Crippen LogP contribution in [0.2, 0.25) is 10.0 Å². The predicted octanol–water partition coefficient (Wildman–Crippen LogP) is 3.77. The average molecular weight is 366 g/mol. The molecule has 0 bridgehead atoms. The molecule has 3 rings (SSSR count). The molecule has 0 spiro atoms. The molecule has 0 radical (unpaired) electrons. The van der Waals surface area contributed by atoms with Gasteiger partial charge in [0.2, 0.25) is 0 Å². The minimum absolute atomic E-state index is 0.213. The molecule has 7 heteroatoms. The van der Waals surface area contributed by atoms with E-state index in [1.807, 2.05) is 11.9 Å². The van der Waals surface area contributed by atoms with Gasteiger partial charge in [-0.2, -0.15) is 0 Å². The summed E-state index contributed by atoms with van der Waals surface area (Å²) in [6.45, 7) is 0.701. The van der Waals surface area contributed by atoms with E-state index >= 15 is 0 Å². The van der Waals surface area contributed by atoms with Crippen molar-refractivity contribution in [3.05, 3.63) is 80.1 Å². The van der Waals surface area contributed by atoms with E-state index in [9.17, 15) is 9.18 Å². The van der Waals surface area contributed by atoms with E-state index in [4.69, 9.17) is 23.2 Å². The highest BCUT2D eigenvalue weighted by molar-refractivity contribution is 6.31. The van der Waals surface area contributed by atoms with Crippen molar-refractivity contribution >= 4 is 28.8 Å². The Morgan fingerprint density at radius 3 is 2.75 bits per heavy atom. The highest BCUT2D eigenvalue weighted by Gasteiger charge is 2.11. The number of pyridine rings is 1. The Morgan fingerprint density at radius 1 is 1.21 bits per heavy atom. The van der Waals surface area contributed by atoms with Gasteiger partial charge in [-0.1, -0.05) is 29.3 Å². The summed E-state index contributed by atoms with van der Waals surface area (Å²) in [6.07, 6.45) is 1.53. The molecule has 0 unspecified atom stereocenters. The largest absolute Gasteiger partial charge is 0.296 e. The number of rotatable bonds is 4. The molecule has 0 fully saturated rings. The van der Waals surface area contributed by atoms with Gasteiger partial charge in [0, 0.05) is 35.9 Å². The molecule has 4 nitrogen and oxygen atoms in total. The third kappa shape index (κ3) is 3.59. The molecule has 3 aromatic rings. The zero-order valence-electron chi connectivity index (χ0n) is 12.8. The van der Waals surface area contributed by atoms with Gasteiger partial charge in [-0.15, -0.1) is 0 Å². The highest BCUT2D eigenvalue weighted by Crippen LogP contribution is 2.20. The van der Waals surface area contributed by atoms with Crippen LogP contribution in [-0.4, -0.2) is 21.3 Å². The molecular weight excluding hydrogens is 352 g/mol. The van der Waals surface area contributed by atoms with Crippen LogP contribution in [0.5, 0.6) is 0 Å². The van der Waals surface area contributed by atoms with Crippen LogP contribution in [-0.2, 0) is 13.1 Å². The molecule has 0 N–H and O–H groups in total. The number of hydrogen-bond donors (Lipinski definition) is 0. The first kappa shape index (κ1) is 16.9. The van der Waals surface area contributed by atoms with Crippen LogP contribution in [0, 0.1) is 5.82 Å². The Balaban J connectivity index is 1.84. The van der Waals surface area contributed by atoms with Gasteiger partial charge in [0.15, 0.2) is 0 Å². The van der Waals surface area contributed by atoms with E-state index in [-0.39, 0.29) is 11.4 Å². The van der Waals surface area contributed by atoms with Crippen LogP contribution in [0.3, 0.4) is 0 Å². The van der Waals surface area contributed by atoms with E-state index in [0.29, 0.717) is 40.0 Å². The molecule has 0 aliphatic rings. The summed E-state index contributed by atoms with van der Waals surface area (Å²) in [5, 5.41) is 0.841. The Labute approximate surface area is 148 Å². The second-order valence-corrected chi connectivity index (χ2v) is 6.38. The second kappa shape index (κ2) is 6.89. The third-order valence-corrected chi connectivity index (χ3v) is 4.18. The van der Waals surface area contributed by atoms with Crippen molar-refractivity contribution in [2.24, 2.45) is 0 Å². The fourth-order valence-electron chi connectivity index (χ4n) is 2.49. The summed E-state index contributed by atoms with van der Waals surface area (Å²) in [7, 11) is 1.81. The van der Waals surface area contributed by atoms with Gasteiger partial charge in [0.05, 0.1) is 10.7 Å². The van der Waals surface area contributed by atoms with Crippen molar-refractivity contribution in [3.63, 3.8) is 0 Å². The monoisotopic (exact) mass is 365 g/mol. The maximum absolute atomic E-state index is 13.9. The molecule has 0 aliphatic carbocycles. The van der Waals surface area contributed by atoms with Crippen molar-refractivity contribution in [1.82, 2.24) is 14.3 Å². The number of benzene rings is 1. The highest BCUT2D eigenvalue weighted by atomic mass is 35.5. The standard InChI is InChI=1S/C17H14Cl2FN3O/c1-22(10-13-14(19)3-2-4-15(13)20)9-12-7-17(24)23-8-11(18)5-6-16(23)21-12/h2-8H,9-10H2,1H3. The Bertz CT molecular complexity index is 938. The van der Waals surface area contributed by atoms with Crippen molar-refractivity contribution in [2.45, 2.75) is 13.1 Å². The van der Waals surface area contributed by atoms with Gasteiger partial charge < -0.3 is 0 Å². The van der Waals surface area contributed by atoms with Gasteiger partial charge in [-0.25, -0.2) is 9.37 Å². The summed E-state index contributed by atoms with van der Waals surface area (Å²) in [5.41, 5.74) is 1.32. The Kier molecular flexibility index (Phi) is 4.85. The molecule has 0 saturated heterocycles. The molecule has 24 heavy (non-hydrogen) atoms. The second-order valence-electron chi connectivity index (χ2n) is 5.53. The van der Waals surface area contributed by atoms with Crippen LogP contribution in [0.4, 0.5) is 4.39 Å². The molecule has 0 saturated carbocycles. The lowest BCUT2D eigenvalue weighted by Crippen LogP contribution is -2.22. The molecule has 0 amide bonds. The first-order chi connectivity index (χ1) is 11.4. The van der Waals surface area contributed by atoms with Crippen molar-refractivity contribution in [3.8, 4) is 0 Å². The van der Waals surface area contributed by atoms with E-state index in [1.165, 1.54) is 22.7 Å². The maximum Gasteiger partial charge on any atom is 0.258 e. The minimum Gasteiger partial charge on any atom is -0.296 e. The maximum atomic E-state index is 13.9.